The molecule has 2 heterocycles. The van der Waals surface area contributed by atoms with Crippen LogP contribution in [0.2, 0.25) is 0 Å². The Morgan fingerprint density at radius 2 is 2.00 bits per heavy atom. The molecule has 0 saturated carbocycles. The van der Waals surface area contributed by atoms with Crippen LogP contribution in [-0.2, 0) is 20.9 Å². The van der Waals surface area contributed by atoms with Crippen LogP contribution < -0.4 is 15.8 Å². The Labute approximate surface area is 159 Å². The van der Waals surface area contributed by atoms with Gasteiger partial charge in [0.2, 0.25) is 11.8 Å². The summed E-state index contributed by atoms with van der Waals surface area (Å²) in [6.07, 6.45) is 1.57. The third kappa shape index (κ3) is 4.47. The molecule has 0 spiro atoms. The van der Waals surface area contributed by atoms with Gasteiger partial charge in [0, 0.05) is 26.3 Å². The fourth-order valence-corrected chi connectivity index (χ4v) is 3.25. The van der Waals surface area contributed by atoms with E-state index in [2.05, 4.69) is 5.32 Å². The number of nitrogens with zero attached hydrogens (tertiary/aromatic N) is 1. The second-order valence-electron chi connectivity index (χ2n) is 6.69. The minimum absolute atomic E-state index is 0. The van der Waals surface area contributed by atoms with Crippen molar-refractivity contribution in [2.45, 2.75) is 37.4 Å². The van der Waals surface area contributed by atoms with Gasteiger partial charge in [-0.05, 0) is 37.0 Å². The van der Waals surface area contributed by atoms with E-state index in [4.69, 9.17) is 15.2 Å². The number of likely N-dealkylation sites (tertiary alicyclic amines) is 1. The van der Waals surface area contributed by atoms with Crippen LogP contribution in [0, 0.1) is 0 Å². The van der Waals surface area contributed by atoms with E-state index in [1.54, 1.807) is 12.0 Å². The first-order chi connectivity index (χ1) is 12.0. The van der Waals surface area contributed by atoms with Crippen molar-refractivity contribution in [1.29, 1.82) is 0 Å². The van der Waals surface area contributed by atoms with Crippen LogP contribution >= 0.6 is 12.4 Å². The van der Waals surface area contributed by atoms with Crippen molar-refractivity contribution in [3.63, 3.8) is 0 Å². The smallest absolute Gasteiger partial charge is 0.245 e. The summed E-state index contributed by atoms with van der Waals surface area (Å²) in [6.45, 7) is 2.10. The zero-order valence-electron chi connectivity index (χ0n) is 14.9. The number of amides is 2. The van der Waals surface area contributed by atoms with Gasteiger partial charge in [0.1, 0.15) is 11.8 Å². The predicted molar refractivity (Wildman–Crippen MR) is 99.2 cm³/mol. The predicted octanol–water partition coefficient (Wildman–Crippen LogP) is 0.842. The molecule has 0 radical (unpaired) electrons. The number of rotatable bonds is 5. The summed E-state index contributed by atoms with van der Waals surface area (Å²) in [5.41, 5.74) is 6.28. The van der Waals surface area contributed by atoms with Crippen LogP contribution in [0.4, 0.5) is 0 Å². The summed E-state index contributed by atoms with van der Waals surface area (Å²) < 4.78 is 10.4. The fraction of sp³-hybridized carbons (Fsp3) is 0.556. The number of methoxy groups -OCH3 is 1. The van der Waals surface area contributed by atoms with Crippen LogP contribution in [-0.4, -0.2) is 55.2 Å². The number of ether oxygens (including phenoxy) is 2. The average molecular weight is 384 g/mol. The van der Waals surface area contributed by atoms with E-state index < -0.39 is 11.6 Å². The van der Waals surface area contributed by atoms with E-state index in [1.165, 1.54) is 0 Å². The number of hydrogen-bond donors (Lipinski definition) is 2. The summed E-state index contributed by atoms with van der Waals surface area (Å²) >= 11 is 0. The number of nitrogens with two attached hydrogens (primary N) is 1. The third-order valence-electron chi connectivity index (χ3n) is 4.97. The van der Waals surface area contributed by atoms with Crippen LogP contribution in [0.25, 0.3) is 0 Å². The van der Waals surface area contributed by atoms with Crippen molar-refractivity contribution in [3.05, 3.63) is 29.8 Å². The SMILES string of the molecule is COc1ccc(CN2CCC(NC(=O)C3(N)CCOCC3)C2=O)cc1.Cl. The van der Waals surface area contributed by atoms with E-state index in [9.17, 15) is 9.59 Å². The Morgan fingerprint density at radius 3 is 2.62 bits per heavy atom. The number of halogens is 1. The maximum Gasteiger partial charge on any atom is 0.245 e. The normalized spacial score (nSPS) is 21.8. The van der Waals surface area contributed by atoms with E-state index in [1.807, 2.05) is 24.3 Å². The van der Waals surface area contributed by atoms with Crippen LogP contribution in [0.5, 0.6) is 5.75 Å². The fourth-order valence-electron chi connectivity index (χ4n) is 3.25. The van der Waals surface area contributed by atoms with Gasteiger partial charge < -0.3 is 25.4 Å². The molecule has 1 aromatic carbocycles. The maximum absolute atomic E-state index is 12.6. The largest absolute Gasteiger partial charge is 0.497 e. The number of nitrogens with one attached hydrogen (secondary N) is 1. The molecule has 3 rings (SSSR count). The van der Waals surface area contributed by atoms with Crippen molar-refractivity contribution in [3.8, 4) is 5.75 Å². The minimum atomic E-state index is -0.929. The Balaban J connectivity index is 0.00000243. The highest BCUT2D eigenvalue weighted by Crippen LogP contribution is 2.21. The molecule has 3 N–H and O–H groups in total. The zero-order valence-corrected chi connectivity index (χ0v) is 15.7. The second-order valence-corrected chi connectivity index (χ2v) is 6.69. The van der Waals surface area contributed by atoms with E-state index >= 15 is 0 Å². The van der Waals surface area contributed by atoms with Crippen molar-refractivity contribution < 1.29 is 19.1 Å². The summed E-state index contributed by atoms with van der Waals surface area (Å²) in [5, 5.41) is 2.84. The molecule has 0 bridgehead atoms. The summed E-state index contributed by atoms with van der Waals surface area (Å²) in [4.78, 5) is 26.8. The Bertz CT molecular complexity index is 632. The number of carbonyl (C=O) groups is 2. The molecular weight excluding hydrogens is 358 g/mol. The van der Waals surface area contributed by atoms with Crippen LogP contribution in [0.1, 0.15) is 24.8 Å². The van der Waals surface area contributed by atoms with Gasteiger partial charge in [0.05, 0.1) is 12.6 Å². The van der Waals surface area contributed by atoms with E-state index in [-0.39, 0.29) is 24.2 Å². The molecule has 2 aliphatic rings. The lowest BCUT2D eigenvalue weighted by Crippen LogP contribution is -2.59. The van der Waals surface area contributed by atoms with Crippen molar-refractivity contribution in [1.82, 2.24) is 10.2 Å². The lowest BCUT2D eigenvalue weighted by molar-refractivity contribution is -0.136. The molecule has 26 heavy (non-hydrogen) atoms. The van der Waals surface area contributed by atoms with Gasteiger partial charge in [-0.3, -0.25) is 9.59 Å². The highest BCUT2D eigenvalue weighted by atomic mass is 35.5. The molecule has 144 valence electrons. The molecule has 7 nitrogen and oxygen atoms in total. The average Bonchev–Trinajstić information content (AvgIpc) is 2.96. The summed E-state index contributed by atoms with van der Waals surface area (Å²) in [6, 6.07) is 7.13. The highest BCUT2D eigenvalue weighted by Gasteiger charge is 2.40. The highest BCUT2D eigenvalue weighted by molar-refractivity contribution is 5.93. The minimum Gasteiger partial charge on any atom is -0.497 e. The van der Waals surface area contributed by atoms with Gasteiger partial charge in [-0.15, -0.1) is 12.4 Å². The first-order valence-electron chi connectivity index (χ1n) is 8.61. The van der Waals surface area contributed by atoms with Gasteiger partial charge in [-0.25, -0.2) is 0 Å². The van der Waals surface area contributed by atoms with Crippen molar-refractivity contribution >= 4 is 24.2 Å². The molecular formula is C18H26ClN3O4. The zero-order chi connectivity index (χ0) is 17.9. The van der Waals surface area contributed by atoms with E-state index in [0.29, 0.717) is 45.6 Å². The number of hydrogen-bond acceptors (Lipinski definition) is 5. The first kappa shape index (κ1) is 20.5. The molecule has 1 aromatic rings. The summed E-state index contributed by atoms with van der Waals surface area (Å²) in [7, 11) is 1.62. The lowest BCUT2D eigenvalue weighted by Gasteiger charge is -2.32. The molecule has 2 aliphatic heterocycles. The third-order valence-corrected chi connectivity index (χ3v) is 4.97. The molecule has 1 atom stereocenters. The van der Waals surface area contributed by atoms with Crippen molar-refractivity contribution in [2.75, 3.05) is 26.9 Å². The van der Waals surface area contributed by atoms with Crippen LogP contribution in [0.3, 0.4) is 0 Å². The maximum atomic E-state index is 12.6. The quantitative estimate of drug-likeness (QED) is 0.785. The first-order valence-corrected chi connectivity index (χ1v) is 8.61. The molecule has 0 aliphatic carbocycles. The number of benzene rings is 1. The van der Waals surface area contributed by atoms with Gasteiger partial charge >= 0.3 is 0 Å². The van der Waals surface area contributed by atoms with Crippen molar-refractivity contribution in [2.24, 2.45) is 5.73 Å². The monoisotopic (exact) mass is 383 g/mol. The Kier molecular flexibility index (Phi) is 6.86. The topological polar surface area (TPSA) is 93.9 Å². The molecule has 2 amide bonds. The molecule has 0 aromatic heterocycles. The molecule has 2 fully saturated rings. The Hall–Kier alpha value is -1.83. The standard InChI is InChI=1S/C18H25N3O4.ClH/c1-24-14-4-2-13(3-5-14)12-21-9-6-15(16(21)22)20-17(23)18(19)7-10-25-11-8-18;/h2-5,15H,6-12,19H2,1H3,(H,20,23);1H. The van der Waals surface area contributed by atoms with Gasteiger partial charge in [0.15, 0.2) is 0 Å². The molecule has 2 saturated heterocycles. The second kappa shape index (κ2) is 8.70. The van der Waals surface area contributed by atoms with E-state index in [0.717, 1.165) is 11.3 Å². The van der Waals surface area contributed by atoms with Gasteiger partial charge in [0.25, 0.3) is 0 Å². The molecule has 8 heteroatoms. The lowest BCUT2D eigenvalue weighted by atomic mass is 9.90. The summed E-state index contributed by atoms with van der Waals surface area (Å²) in [5.74, 6) is 0.478. The molecule has 1 unspecified atom stereocenters. The van der Waals surface area contributed by atoms with Crippen LogP contribution in [0.15, 0.2) is 24.3 Å². The number of carbonyl (C=O) groups excluding carboxylic acids is 2. The van der Waals surface area contributed by atoms with Gasteiger partial charge in [-0.2, -0.15) is 0 Å². The van der Waals surface area contributed by atoms with Gasteiger partial charge in [-0.1, -0.05) is 12.1 Å². The Morgan fingerprint density at radius 1 is 1.35 bits per heavy atom.